The molecule has 0 fully saturated rings. The first kappa shape index (κ1) is 10.5. The molecule has 0 spiro atoms. The van der Waals surface area contributed by atoms with Crippen LogP contribution in [0, 0.1) is 11.8 Å². The lowest BCUT2D eigenvalue weighted by molar-refractivity contribution is -0.118. The van der Waals surface area contributed by atoms with Gasteiger partial charge in [0, 0.05) is 31.2 Å². The maximum absolute atomic E-state index is 11.4. The molecule has 14 heavy (non-hydrogen) atoms. The summed E-state index contributed by atoms with van der Waals surface area (Å²) in [6.07, 6.45) is 3.31. The van der Waals surface area contributed by atoms with Crippen LogP contribution < -0.4 is 0 Å². The van der Waals surface area contributed by atoms with E-state index in [2.05, 4.69) is 16.8 Å². The molecule has 0 aliphatic heterocycles. The molecule has 0 aromatic carbocycles. The monoisotopic (exact) mass is 187 g/mol. The Morgan fingerprint density at radius 1 is 1.50 bits per heavy atom. The lowest BCUT2D eigenvalue weighted by Gasteiger charge is -1.97. The minimum absolute atomic E-state index is 0.200. The molecule has 0 saturated heterocycles. The van der Waals surface area contributed by atoms with Gasteiger partial charge in [-0.1, -0.05) is 6.07 Å². The third kappa shape index (κ3) is 3.86. The van der Waals surface area contributed by atoms with Crippen molar-refractivity contribution in [2.45, 2.75) is 26.2 Å². The van der Waals surface area contributed by atoms with Gasteiger partial charge in [0.2, 0.25) is 0 Å². The number of pyridine rings is 1. The molecule has 2 heteroatoms. The molecule has 1 heterocycles. The molecule has 1 rings (SSSR count). The van der Waals surface area contributed by atoms with Gasteiger partial charge in [0.1, 0.15) is 5.78 Å². The SMILES string of the molecule is CC#CCCC(=O)Cc1ccccn1. The van der Waals surface area contributed by atoms with Gasteiger partial charge in [-0.3, -0.25) is 9.78 Å². The van der Waals surface area contributed by atoms with Crippen LogP contribution in [-0.4, -0.2) is 10.8 Å². The second-order valence-corrected chi connectivity index (χ2v) is 2.96. The number of rotatable bonds is 4. The zero-order valence-corrected chi connectivity index (χ0v) is 8.29. The quantitative estimate of drug-likeness (QED) is 0.675. The summed E-state index contributed by atoms with van der Waals surface area (Å²) in [4.78, 5) is 15.5. The Hall–Kier alpha value is -1.62. The van der Waals surface area contributed by atoms with Gasteiger partial charge in [-0.05, 0) is 19.1 Å². The Morgan fingerprint density at radius 2 is 2.36 bits per heavy atom. The maximum Gasteiger partial charge on any atom is 0.139 e. The van der Waals surface area contributed by atoms with E-state index in [0.717, 1.165) is 5.69 Å². The second-order valence-electron chi connectivity index (χ2n) is 2.96. The van der Waals surface area contributed by atoms with Crippen molar-refractivity contribution < 1.29 is 4.79 Å². The summed E-state index contributed by atoms with van der Waals surface area (Å²) in [6.45, 7) is 1.78. The summed E-state index contributed by atoms with van der Waals surface area (Å²) in [5, 5.41) is 0. The van der Waals surface area contributed by atoms with E-state index in [1.165, 1.54) is 0 Å². The lowest BCUT2D eigenvalue weighted by atomic mass is 10.1. The van der Waals surface area contributed by atoms with Gasteiger partial charge in [0.05, 0.1) is 0 Å². The van der Waals surface area contributed by atoms with Gasteiger partial charge in [-0.15, -0.1) is 11.8 Å². The standard InChI is InChI=1S/C12H13NO/c1-2-3-4-8-12(14)10-11-7-5-6-9-13-11/h5-7,9H,4,8,10H2,1H3. The number of aromatic nitrogens is 1. The minimum atomic E-state index is 0.200. The fraction of sp³-hybridized carbons (Fsp3) is 0.333. The molecule has 2 nitrogen and oxygen atoms in total. The molecule has 0 saturated carbocycles. The number of Topliss-reactive ketones (excluding diaryl/α,β-unsaturated/α-hetero) is 1. The molecular weight excluding hydrogens is 174 g/mol. The summed E-state index contributed by atoms with van der Waals surface area (Å²) in [6, 6.07) is 5.60. The number of hydrogen-bond donors (Lipinski definition) is 0. The predicted octanol–water partition coefficient (Wildman–Crippen LogP) is 2.00. The lowest BCUT2D eigenvalue weighted by Crippen LogP contribution is -2.03. The van der Waals surface area contributed by atoms with Gasteiger partial charge in [0.25, 0.3) is 0 Å². The molecule has 1 aromatic heterocycles. The number of carbonyl (C=O) groups excluding carboxylic acids is 1. The van der Waals surface area contributed by atoms with E-state index in [-0.39, 0.29) is 5.78 Å². The Morgan fingerprint density at radius 3 is 3.00 bits per heavy atom. The van der Waals surface area contributed by atoms with E-state index in [1.807, 2.05) is 18.2 Å². The van der Waals surface area contributed by atoms with Crippen LogP contribution in [0.25, 0.3) is 0 Å². The van der Waals surface area contributed by atoms with E-state index in [1.54, 1.807) is 13.1 Å². The molecule has 0 unspecified atom stereocenters. The van der Waals surface area contributed by atoms with Crippen molar-refractivity contribution in [3.63, 3.8) is 0 Å². The zero-order valence-electron chi connectivity index (χ0n) is 8.29. The highest BCUT2D eigenvalue weighted by atomic mass is 16.1. The van der Waals surface area contributed by atoms with Crippen LogP contribution >= 0.6 is 0 Å². The zero-order chi connectivity index (χ0) is 10.2. The molecule has 0 radical (unpaired) electrons. The molecule has 72 valence electrons. The first-order chi connectivity index (χ1) is 6.83. The summed E-state index contributed by atoms with van der Waals surface area (Å²) >= 11 is 0. The normalized spacial score (nSPS) is 8.93. The van der Waals surface area contributed by atoms with E-state index in [0.29, 0.717) is 19.3 Å². The fourth-order valence-corrected chi connectivity index (χ4v) is 1.12. The fourth-order valence-electron chi connectivity index (χ4n) is 1.12. The third-order valence-electron chi connectivity index (χ3n) is 1.81. The number of carbonyl (C=O) groups is 1. The van der Waals surface area contributed by atoms with Gasteiger partial charge in [-0.2, -0.15) is 0 Å². The predicted molar refractivity (Wildman–Crippen MR) is 55.6 cm³/mol. The van der Waals surface area contributed by atoms with E-state index in [4.69, 9.17) is 0 Å². The van der Waals surface area contributed by atoms with E-state index >= 15 is 0 Å². The Labute approximate surface area is 84.4 Å². The van der Waals surface area contributed by atoms with Crippen LogP contribution in [0.2, 0.25) is 0 Å². The molecule has 0 atom stereocenters. The van der Waals surface area contributed by atoms with E-state index in [9.17, 15) is 4.79 Å². The van der Waals surface area contributed by atoms with Crippen molar-refractivity contribution in [3.05, 3.63) is 30.1 Å². The van der Waals surface area contributed by atoms with Crippen molar-refractivity contribution in [3.8, 4) is 11.8 Å². The van der Waals surface area contributed by atoms with Crippen molar-refractivity contribution >= 4 is 5.78 Å². The third-order valence-corrected chi connectivity index (χ3v) is 1.81. The van der Waals surface area contributed by atoms with Gasteiger partial charge < -0.3 is 0 Å². The summed E-state index contributed by atoms with van der Waals surface area (Å²) in [7, 11) is 0. The van der Waals surface area contributed by atoms with Crippen LogP contribution in [0.3, 0.4) is 0 Å². The van der Waals surface area contributed by atoms with Gasteiger partial charge in [-0.25, -0.2) is 0 Å². The molecule has 1 aromatic rings. The largest absolute Gasteiger partial charge is 0.299 e. The summed E-state index contributed by atoms with van der Waals surface area (Å²) in [5.41, 5.74) is 0.835. The molecule has 0 aliphatic rings. The molecule has 0 N–H and O–H groups in total. The Bertz CT molecular complexity index is 346. The topological polar surface area (TPSA) is 30.0 Å². The maximum atomic E-state index is 11.4. The molecular formula is C12H13NO. The van der Waals surface area contributed by atoms with Gasteiger partial charge in [0.15, 0.2) is 0 Å². The van der Waals surface area contributed by atoms with Gasteiger partial charge >= 0.3 is 0 Å². The van der Waals surface area contributed by atoms with Crippen LogP contribution in [0.4, 0.5) is 0 Å². The first-order valence-electron chi connectivity index (χ1n) is 4.64. The van der Waals surface area contributed by atoms with Crippen LogP contribution in [0.15, 0.2) is 24.4 Å². The molecule has 0 bridgehead atoms. The smallest absolute Gasteiger partial charge is 0.139 e. The summed E-state index contributed by atoms with van der Waals surface area (Å²) < 4.78 is 0. The van der Waals surface area contributed by atoms with Crippen LogP contribution in [0.5, 0.6) is 0 Å². The average molecular weight is 187 g/mol. The van der Waals surface area contributed by atoms with E-state index < -0.39 is 0 Å². The van der Waals surface area contributed by atoms with Crippen molar-refractivity contribution in [1.29, 1.82) is 0 Å². The summed E-state index contributed by atoms with van der Waals surface area (Å²) in [5.74, 6) is 5.84. The minimum Gasteiger partial charge on any atom is -0.299 e. The number of nitrogens with zero attached hydrogens (tertiary/aromatic N) is 1. The highest BCUT2D eigenvalue weighted by molar-refractivity contribution is 5.80. The van der Waals surface area contributed by atoms with Crippen LogP contribution in [-0.2, 0) is 11.2 Å². The van der Waals surface area contributed by atoms with Crippen molar-refractivity contribution in [2.75, 3.05) is 0 Å². The van der Waals surface area contributed by atoms with Crippen molar-refractivity contribution in [2.24, 2.45) is 0 Å². The highest BCUT2D eigenvalue weighted by Crippen LogP contribution is 1.99. The number of ketones is 1. The molecule has 0 aliphatic carbocycles. The second kappa shape index (κ2) is 5.93. The van der Waals surface area contributed by atoms with Crippen LogP contribution in [0.1, 0.15) is 25.5 Å². The van der Waals surface area contributed by atoms with Crippen molar-refractivity contribution in [1.82, 2.24) is 4.98 Å². The Balaban J connectivity index is 2.37. The molecule has 0 amide bonds. The average Bonchev–Trinajstić information content (AvgIpc) is 2.20. The number of hydrogen-bond acceptors (Lipinski definition) is 2. The Kier molecular flexibility index (Phi) is 4.43. The highest BCUT2D eigenvalue weighted by Gasteiger charge is 2.02. The first-order valence-corrected chi connectivity index (χ1v) is 4.64.